The van der Waals surface area contributed by atoms with Crippen molar-refractivity contribution < 1.29 is 0 Å². The van der Waals surface area contributed by atoms with Crippen molar-refractivity contribution in [2.75, 3.05) is 11.9 Å². The third-order valence-corrected chi connectivity index (χ3v) is 2.40. The quantitative estimate of drug-likeness (QED) is 0.760. The second kappa shape index (κ2) is 4.77. The molecule has 2 rings (SSSR count). The van der Waals surface area contributed by atoms with Gasteiger partial charge in [0.15, 0.2) is 5.82 Å². The molecule has 0 amide bonds. The molecule has 0 saturated carbocycles. The first kappa shape index (κ1) is 9.96. The Kier molecular flexibility index (Phi) is 3.17. The fraction of sp³-hybridized carbons (Fsp3) is 0.455. The van der Waals surface area contributed by atoms with Crippen LogP contribution in [0.4, 0.5) is 5.82 Å². The molecule has 0 aliphatic carbocycles. The van der Waals surface area contributed by atoms with Crippen molar-refractivity contribution in [2.24, 2.45) is 0 Å². The molecular formula is C11H16N4. The van der Waals surface area contributed by atoms with Crippen LogP contribution in [-0.2, 0) is 0 Å². The second-order valence-electron chi connectivity index (χ2n) is 3.57. The van der Waals surface area contributed by atoms with Crippen LogP contribution in [0.3, 0.4) is 0 Å². The molecule has 2 aromatic rings. The van der Waals surface area contributed by atoms with E-state index in [2.05, 4.69) is 22.3 Å². The Labute approximate surface area is 89.3 Å². The van der Waals surface area contributed by atoms with Crippen molar-refractivity contribution in [1.29, 1.82) is 0 Å². The maximum Gasteiger partial charge on any atom is 0.152 e. The van der Waals surface area contributed by atoms with Crippen molar-refractivity contribution in [1.82, 2.24) is 14.6 Å². The summed E-state index contributed by atoms with van der Waals surface area (Å²) in [4.78, 5) is 4.30. The third-order valence-electron chi connectivity index (χ3n) is 2.40. The number of nitrogens with one attached hydrogen (secondary N) is 1. The van der Waals surface area contributed by atoms with Gasteiger partial charge in [-0.1, -0.05) is 19.8 Å². The van der Waals surface area contributed by atoms with Crippen LogP contribution >= 0.6 is 0 Å². The molecule has 0 aromatic carbocycles. The van der Waals surface area contributed by atoms with Gasteiger partial charge in [-0.05, 0) is 12.5 Å². The van der Waals surface area contributed by atoms with E-state index in [0.717, 1.165) is 17.9 Å². The van der Waals surface area contributed by atoms with Crippen LogP contribution in [0.5, 0.6) is 0 Å². The van der Waals surface area contributed by atoms with E-state index in [1.54, 1.807) is 12.4 Å². The number of aromatic nitrogens is 3. The van der Waals surface area contributed by atoms with Crippen molar-refractivity contribution in [3.63, 3.8) is 0 Å². The molecule has 2 heterocycles. The third kappa shape index (κ3) is 2.26. The smallest absolute Gasteiger partial charge is 0.152 e. The molecule has 4 heteroatoms. The molecule has 1 N–H and O–H groups in total. The summed E-state index contributed by atoms with van der Waals surface area (Å²) in [6, 6.07) is 1.97. The topological polar surface area (TPSA) is 42.2 Å². The predicted octanol–water partition coefficient (Wildman–Crippen LogP) is 2.33. The maximum atomic E-state index is 4.30. The molecular weight excluding hydrogens is 188 g/mol. The van der Waals surface area contributed by atoms with Gasteiger partial charge in [0.05, 0.1) is 6.20 Å². The highest BCUT2D eigenvalue weighted by atomic mass is 15.2. The fourth-order valence-corrected chi connectivity index (χ4v) is 1.58. The molecule has 80 valence electrons. The lowest BCUT2D eigenvalue weighted by molar-refractivity contribution is 0.742. The Hall–Kier alpha value is -1.58. The van der Waals surface area contributed by atoms with Crippen molar-refractivity contribution >= 4 is 11.3 Å². The van der Waals surface area contributed by atoms with Crippen LogP contribution < -0.4 is 5.32 Å². The lowest BCUT2D eigenvalue weighted by Crippen LogP contribution is -2.04. The van der Waals surface area contributed by atoms with Gasteiger partial charge in [0.25, 0.3) is 0 Å². The molecule has 4 nitrogen and oxygen atoms in total. The predicted molar refractivity (Wildman–Crippen MR) is 61.0 cm³/mol. The largest absolute Gasteiger partial charge is 0.368 e. The number of unbranched alkanes of at least 4 members (excludes halogenated alkanes) is 2. The minimum atomic E-state index is 0.922. The molecule has 0 unspecified atom stereocenters. The van der Waals surface area contributed by atoms with E-state index < -0.39 is 0 Å². The zero-order valence-electron chi connectivity index (χ0n) is 8.98. The number of nitrogens with zero attached hydrogens (tertiary/aromatic N) is 3. The summed E-state index contributed by atoms with van der Waals surface area (Å²) in [5.41, 5.74) is 1.04. The average molecular weight is 204 g/mol. The first-order valence-electron chi connectivity index (χ1n) is 5.44. The van der Waals surface area contributed by atoms with E-state index in [4.69, 9.17) is 0 Å². The Morgan fingerprint density at radius 1 is 1.33 bits per heavy atom. The highest BCUT2D eigenvalue weighted by Gasteiger charge is 2.00. The van der Waals surface area contributed by atoms with Crippen LogP contribution in [0.2, 0.25) is 0 Å². The van der Waals surface area contributed by atoms with E-state index in [1.807, 2.05) is 16.8 Å². The molecule has 0 bridgehead atoms. The molecule has 0 aliphatic rings. The Morgan fingerprint density at radius 3 is 3.13 bits per heavy atom. The Morgan fingerprint density at radius 2 is 2.27 bits per heavy atom. The van der Waals surface area contributed by atoms with E-state index in [-0.39, 0.29) is 0 Å². The summed E-state index contributed by atoms with van der Waals surface area (Å²) < 4.78 is 1.83. The lowest BCUT2D eigenvalue weighted by atomic mass is 10.2. The highest BCUT2D eigenvalue weighted by molar-refractivity contribution is 5.66. The van der Waals surface area contributed by atoms with Gasteiger partial charge in [-0.3, -0.25) is 0 Å². The van der Waals surface area contributed by atoms with Gasteiger partial charge in [0.1, 0.15) is 5.52 Å². The van der Waals surface area contributed by atoms with E-state index in [9.17, 15) is 0 Å². The molecule has 0 aliphatic heterocycles. The monoisotopic (exact) mass is 204 g/mol. The van der Waals surface area contributed by atoms with Crippen LogP contribution in [0, 0.1) is 0 Å². The molecule has 0 saturated heterocycles. The zero-order valence-corrected chi connectivity index (χ0v) is 8.98. The summed E-state index contributed by atoms with van der Waals surface area (Å²) >= 11 is 0. The van der Waals surface area contributed by atoms with Gasteiger partial charge in [0, 0.05) is 18.9 Å². The summed E-state index contributed by atoms with van der Waals surface area (Å²) in [5.74, 6) is 0.922. The minimum Gasteiger partial charge on any atom is -0.368 e. The van der Waals surface area contributed by atoms with Crippen LogP contribution in [0.15, 0.2) is 24.7 Å². The summed E-state index contributed by atoms with van der Waals surface area (Å²) in [7, 11) is 0. The van der Waals surface area contributed by atoms with Gasteiger partial charge in [-0.15, -0.1) is 0 Å². The van der Waals surface area contributed by atoms with Crippen LogP contribution in [-0.4, -0.2) is 21.1 Å². The van der Waals surface area contributed by atoms with Crippen LogP contribution in [0.1, 0.15) is 26.2 Å². The summed E-state index contributed by atoms with van der Waals surface area (Å²) in [6.45, 7) is 3.18. The molecule has 15 heavy (non-hydrogen) atoms. The minimum absolute atomic E-state index is 0.922. The van der Waals surface area contributed by atoms with Crippen molar-refractivity contribution in [3.05, 3.63) is 24.7 Å². The van der Waals surface area contributed by atoms with Gasteiger partial charge in [0.2, 0.25) is 0 Å². The first-order valence-corrected chi connectivity index (χ1v) is 5.44. The Balaban J connectivity index is 2.04. The van der Waals surface area contributed by atoms with Gasteiger partial charge in [-0.25, -0.2) is 9.50 Å². The number of rotatable bonds is 5. The summed E-state index contributed by atoms with van der Waals surface area (Å²) in [5, 5.41) is 7.50. The standard InChI is InChI=1S/C11H16N4/c1-2-3-4-6-12-11-10-5-7-14-15(10)9-8-13-11/h5,7-9H,2-4,6H2,1H3,(H,12,13). The average Bonchev–Trinajstić information content (AvgIpc) is 2.73. The zero-order chi connectivity index (χ0) is 10.5. The van der Waals surface area contributed by atoms with Gasteiger partial charge < -0.3 is 5.32 Å². The molecule has 0 spiro atoms. The Bertz CT molecular complexity index is 421. The van der Waals surface area contributed by atoms with Crippen molar-refractivity contribution in [2.45, 2.75) is 26.2 Å². The van der Waals surface area contributed by atoms with E-state index in [1.165, 1.54) is 19.3 Å². The highest BCUT2D eigenvalue weighted by Crippen LogP contribution is 2.12. The normalized spacial score (nSPS) is 10.7. The number of hydrogen-bond acceptors (Lipinski definition) is 3. The lowest BCUT2D eigenvalue weighted by Gasteiger charge is -2.05. The van der Waals surface area contributed by atoms with E-state index >= 15 is 0 Å². The number of fused-ring (bicyclic) bond motifs is 1. The van der Waals surface area contributed by atoms with Gasteiger partial charge in [-0.2, -0.15) is 5.10 Å². The number of hydrogen-bond donors (Lipinski definition) is 1. The van der Waals surface area contributed by atoms with Crippen LogP contribution in [0.25, 0.3) is 5.52 Å². The first-order chi connectivity index (χ1) is 7.42. The second-order valence-corrected chi connectivity index (χ2v) is 3.57. The van der Waals surface area contributed by atoms with Gasteiger partial charge >= 0.3 is 0 Å². The summed E-state index contributed by atoms with van der Waals surface area (Å²) in [6.07, 6.45) is 9.09. The number of anilines is 1. The fourth-order valence-electron chi connectivity index (χ4n) is 1.58. The molecule has 0 atom stereocenters. The van der Waals surface area contributed by atoms with Crippen molar-refractivity contribution in [3.8, 4) is 0 Å². The van der Waals surface area contributed by atoms with E-state index in [0.29, 0.717) is 0 Å². The molecule has 0 radical (unpaired) electrons. The maximum absolute atomic E-state index is 4.30. The molecule has 2 aromatic heterocycles. The SMILES string of the molecule is CCCCCNc1nccn2nccc12. The molecule has 0 fully saturated rings.